The summed E-state index contributed by atoms with van der Waals surface area (Å²) in [5.41, 5.74) is 0.532. The Bertz CT molecular complexity index is 198. The van der Waals surface area contributed by atoms with Crippen LogP contribution in [0.5, 0.6) is 0 Å². The first-order valence-electron chi connectivity index (χ1n) is 6.04. The van der Waals surface area contributed by atoms with Crippen molar-refractivity contribution in [1.29, 1.82) is 0 Å². The van der Waals surface area contributed by atoms with E-state index in [4.69, 9.17) is 0 Å². The monoisotopic (exact) mass is 213 g/mol. The number of aliphatic hydroxyl groups excluding tert-OH is 1. The first-order chi connectivity index (χ1) is 6.62. The Kier molecular flexibility index (Phi) is 3.52. The molecule has 0 unspecified atom stereocenters. The number of hydrogen-bond donors (Lipinski definition) is 1. The van der Waals surface area contributed by atoms with Gasteiger partial charge in [-0.1, -0.05) is 41.5 Å². The highest BCUT2D eigenvalue weighted by Crippen LogP contribution is 2.38. The molecule has 1 aliphatic rings. The molecule has 0 saturated carbocycles. The van der Waals surface area contributed by atoms with E-state index < -0.39 is 0 Å². The second kappa shape index (κ2) is 4.06. The first-order valence-corrected chi connectivity index (χ1v) is 6.04. The Morgan fingerprint density at radius 3 is 1.80 bits per heavy atom. The van der Waals surface area contributed by atoms with E-state index in [0.717, 1.165) is 19.5 Å². The number of likely N-dealkylation sites (tertiary alicyclic amines) is 1. The van der Waals surface area contributed by atoms with E-state index in [9.17, 15) is 5.11 Å². The van der Waals surface area contributed by atoms with E-state index in [1.165, 1.54) is 0 Å². The van der Waals surface area contributed by atoms with Crippen molar-refractivity contribution >= 4 is 0 Å². The van der Waals surface area contributed by atoms with Gasteiger partial charge in [0.15, 0.2) is 0 Å². The summed E-state index contributed by atoms with van der Waals surface area (Å²) in [6, 6.07) is 0.530. The van der Waals surface area contributed by atoms with Gasteiger partial charge >= 0.3 is 0 Å². The summed E-state index contributed by atoms with van der Waals surface area (Å²) in [7, 11) is 0. The fraction of sp³-hybridized carbons (Fsp3) is 1.00. The molecular formula is C13H27NO. The summed E-state index contributed by atoms with van der Waals surface area (Å²) in [5, 5.41) is 9.64. The fourth-order valence-corrected chi connectivity index (χ4v) is 3.40. The van der Waals surface area contributed by atoms with Crippen LogP contribution < -0.4 is 0 Å². The van der Waals surface area contributed by atoms with Crippen molar-refractivity contribution in [3.63, 3.8) is 0 Å². The molecule has 0 aromatic heterocycles. The highest BCUT2D eigenvalue weighted by Gasteiger charge is 2.41. The third-order valence-corrected chi connectivity index (χ3v) is 3.20. The minimum Gasteiger partial charge on any atom is -0.392 e. The van der Waals surface area contributed by atoms with Gasteiger partial charge in [-0.15, -0.1) is 0 Å². The number of nitrogens with zero attached hydrogens (tertiary/aromatic N) is 1. The van der Waals surface area contributed by atoms with Gasteiger partial charge in [0, 0.05) is 19.1 Å². The molecule has 1 saturated heterocycles. The van der Waals surface area contributed by atoms with Crippen LogP contribution in [-0.2, 0) is 0 Å². The third-order valence-electron chi connectivity index (χ3n) is 3.20. The van der Waals surface area contributed by atoms with Gasteiger partial charge in [0.2, 0.25) is 0 Å². The maximum Gasteiger partial charge on any atom is 0.0679 e. The average molecular weight is 213 g/mol. The molecule has 1 fully saturated rings. The van der Waals surface area contributed by atoms with Gasteiger partial charge in [0.05, 0.1) is 6.10 Å². The Balaban J connectivity index is 2.83. The van der Waals surface area contributed by atoms with E-state index in [1.54, 1.807) is 0 Å². The molecule has 1 rings (SSSR count). The SMILES string of the molecule is CC(C)(C)C(N1CC[C@@H](O)C1)C(C)(C)C. The van der Waals surface area contributed by atoms with Crippen LogP contribution in [0.25, 0.3) is 0 Å². The lowest BCUT2D eigenvalue weighted by Crippen LogP contribution is -2.51. The maximum absolute atomic E-state index is 9.64. The quantitative estimate of drug-likeness (QED) is 0.723. The van der Waals surface area contributed by atoms with Gasteiger partial charge in [-0.25, -0.2) is 0 Å². The van der Waals surface area contributed by atoms with Gasteiger partial charge in [-0.05, 0) is 17.3 Å². The van der Waals surface area contributed by atoms with Gasteiger partial charge < -0.3 is 5.11 Å². The van der Waals surface area contributed by atoms with Crippen LogP contribution in [0.1, 0.15) is 48.0 Å². The Morgan fingerprint density at radius 1 is 1.07 bits per heavy atom. The molecule has 0 aliphatic carbocycles. The lowest BCUT2D eigenvalue weighted by atomic mass is 9.71. The van der Waals surface area contributed by atoms with Crippen molar-refractivity contribution in [3.05, 3.63) is 0 Å². The number of β-amino-alcohol motifs (C(OH)–C–C–N with tert-alkyl or cyclic N) is 1. The lowest BCUT2D eigenvalue weighted by molar-refractivity contribution is 0.0246. The normalized spacial score (nSPS) is 25.2. The second-order valence-electron chi connectivity index (χ2n) is 7.07. The molecule has 1 aliphatic heterocycles. The van der Waals surface area contributed by atoms with Crippen LogP contribution in [0.15, 0.2) is 0 Å². The number of hydrogen-bond acceptors (Lipinski definition) is 2. The summed E-state index contributed by atoms with van der Waals surface area (Å²) in [5.74, 6) is 0. The topological polar surface area (TPSA) is 23.5 Å². The highest BCUT2D eigenvalue weighted by atomic mass is 16.3. The van der Waals surface area contributed by atoms with Gasteiger partial charge in [0.25, 0.3) is 0 Å². The zero-order chi connectivity index (χ0) is 11.9. The highest BCUT2D eigenvalue weighted by molar-refractivity contribution is 4.94. The molecule has 90 valence electrons. The smallest absolute Gasteiger partial charge is 0.0679 e. The molecule has 0 spiro atoms. The maximum atomic E-state index is 9.64. The Labute approximate surface area is 94.7 Å². The fourth-order valence-electron chi connectivity index (χ4n) is 3.40. The lowest BCUT2D eigenvalue weighted by Gasteiger charge is -2.46. The molecule has 1 atom stereocenters. The van der Waals surface area contributed by atoms with Crippen molar-refractivity contribution in [1.82, 2.24) is 4.90 Å². The molecule has 0 radical (unpaired) electrons. The van der Waals surface area contributed by atoms with Crippen LogP contribution in [0.2, 0.25) is 0 Å². The van der Waals surface area contributed by atoms with Crippen LogP contribution >= 0.6 is 0 Å². The van der Waals surface area contributed by atoms with Crippen LogP contribution in [0, 0.1) is 10.8 Å². The molecule has 15 heavy (non-hydrogen) atoms. The van der Waals surface area contributed by atoms with Gasteiger partial charge in [0.1, 0.15) is 0 Å². The Hall–Kier alpha value is -0.0800. The summed E-state index contributed by atoms with van der Waals surface area (Å²) in [6.45, 7) is 15.7. The van der Waals surface area contributed by atoms with Crippen LogP contribution in [-0.4, -0.2) is 35.2 Å². The van der Waals surface area contributed by atoms with Crippen molar-refractivity contribution < 1.29 is 5.11 Å². The van der Waals surface area contributed by atoms with Crippen LogP contribution in [0.4, 0.5) is 0 Å². The summed E-state index contributed by atoms with van der Waals surface area (Å²) < 4.78 is 0. The zero-order valence-corrected chi connectivity index (χ0v) is 11.2. The minimum atomic E-state index is -0.114. The summed E-state index contributed by atoms with van der Waals surface area (Å²) >= 11 is 0. The second-order valence-corrected chi connectivity index (χ2v) is 7.07. The van der Waals surface area contributed by atoms with Crippen molar-refractivity contribution in [2.45, 2.75) is 60.1 Å². The van der Waals surface area contributed by atoms with Gasteiger partial charge in [-0.3, -0.25) is 4.90 Å². The molecule has 0 bridgehead atoms. The molecule has 1 N–H and O–H groups in total. The Morgan fingerprint density at radius 2 is 1.53 bits per heavy atom. The predicted octanol–water partition coefficient (Wildman–Crippen LogP) is 2.51. The van der Waals surface area contributed by atoms with Gasteiger partial charge in [-0.2, -0.15) is 0 Å². The zero-order valence-electron chi connectivity index (χ0n) is 11.2. The van der Waals surface area contributed by atoms with Crippen molar-refractivity contribution in [3.8, 4) is 0 Å². The molecule has 0 aromatic rings. The molecule has 1 heterocycles. The van der Waals surface area contributed by atoms with Crippen LogP contribution in [0.3, 0.4) is 0 Å². The van der Waals surface area contributed by atoms with E-state index in [2.05, 4.69) is 46.4 Å². The largest absolute Gasteiger partial charge is 0.392 e. The van der Waals surface area contributed by atoms with E-state index >= 15 is 0 Å². The molecule has 0 amide bonds. The molecule has 0 aromatic carbocycles. The number of aliphatic hydroxyl groups is 1. The third kappa shape index (κ3) is 3.18. The molecule has 2 heteroatoms. The predicted molar refractivity (Wildman–Crippen MR) is 64.9 cm³/mol. The van der Waals surface area contributed by atoms with Crippen molar-refractivity contribution in [2.24, 2.45) is 10.8 Å². The first kappa shape index (κ1) is 13.0. The van der Waals surface area contributed by atoms with E-state index in [1.807, 2.05) is 0 Å². The minimum absolute atomic E-state index is 0.114. The molecular weight excluding hydrogens is 186 g/mol. The summed E-state index contributed by atoms with van der Waals surface area (Å²) in [6.07, 6.45) is 0.819. The van der Waals surface area contributed by atoms with E-state index in [0.29, 0.717) is 6.04 Å². The van der Waals surface area contributed by atoms with Crippen molar-refractivity contribution in [2.75, 3.05) is 13.1 Å². The summed E-state index contributed by atoms with van der Waals surface area (Å²) in [4.78, 5) is 2.46. The average Bonchev–Trinajstić information content (AvgIpc) is 2.28. The standard InChI is InChI=1S/C13H27NO/c1-12(2,3)11(13(4,5)6)14-8-7-10(15)9-14/h10-11,15H,7-9H2,1-6H3/t10-/m1/s1. The number of rotatable bonds is 1. The van der Waals surface area contributed by atoms with E-state index in [-0.39, 0.29) is 16.9 Å². The molecule has 2 nitrogen and oxygen atoms in total.